The van der Waals surface area contributed by atoms with Gasteiger partial charge in [0.1, 0.15) is 5.75 Å². The van der Waals surface area contributed by atoms with Gasteiger partial charge in [0.15, 0.2) is 5.79 Å². The van der Waals surface area contributed by atoms with Gasteiger partial charge in [-0.25, -0.2) is 0 Å². The van der Waals surface area contributed by atoms with Gasteiger partial charge in [-0.3, -0.25) is 0 Å². The number of nitrogens with one attached hydrogen (secondary N) is 1. The second-order valence-corrected chi connectivity index (χ2v) is 5.72. The summed E-state index contributed by atoms with van der Waals surface area (Å²) in [4.78, 5) is 0. The third kappa shape index (κ3) is 3.68. The van der Waals surface area contributed by atoms with Crippen LogP contribution in [0.15, 0.2) is 22.7 Å². The summed E-state index contributed by atoms with van der Waals surface area (Å²) in [6, 6.07) is 5.47. The molecule has 1 aromatic rings. The SMILES string of the molecule is CC1(C)OCC(CNCc2ccc(O)c(Br)c2)O1. The predicted octanol–water partition coefficient (Wildman–Crippen LogP) is 2.40. The molecule has 18 heavy (non-hydrogen) atoms. The Morgan fingerprint density at radius 1 is 1.50 bits per heavy atom. The summed E-state index contributed by atoms with van der Waals surface area (Å²) >= 11 is 3.30. The minimum Gasteiger partial charge on any atom is -0.507 e. The highest BCUT2D eigenvalue weighted by Gasteiger charge is 2.32. The van der Waals surface area contributed by atoms with Crippen molar-refractivity contribution < 1.29 is 14.6 Å². The van der Waals surface area contributed by atoms with E-state index < -0.39 is 5.79 Å². The molecule has 2 rings (SSSR count). The average Bonchev–Trinajstić information content (AvgIpc) is 2.63. The van der Waals surface area contributed by atoms with Gasteiger partial charge >= 0.3 is 0 Å². The van der Waals surface area contributed by atoms with Crippen molar-refractivity contribution in [1.29, 1.82) is 0 Å². The van der Waals surface area contributed by atoms with Gasteiger partial charge in [-0.1, -0.05) is 6.07 Å². The molecule has 1 aliphatic rings. The lowest BCUT2D eigenvalue weighted by Crippen LogP contribution is -2.30. The Hall–Kier alpha value is -0.620. The van der Waals surface area contributed by atoms with E-state index in [1.165, 1.54) is 0 Å². The maximum absolute atomic E-state index is 9.40. The van der Waals surface area contributed by atoms with Crippen molar-refractivity contribution >= 4 is 15.9 Å². The largest absolute Gasteiger partial charge is 0.507 e. The van der Waals surface area contributed by atoms with E-state index in [0.717, 1.165) is 18.7 Å². The van der Waals surface area contributed by atoms with Gasteiger partial charge < -0.3 is 19.9 Å². The van der Waals surface area contributed by atoms with E-state index in [2.05, 4.69) is 21.2 Å². The molecular weight excluding hydrogens is 298 g/mol. The van der Waals surface area contributed by atoms with E-state index in [0.29, 0.717) is 11.1 Å². The van der Waals surface area contributed by atoms with Crippen LogP contribution in [0, 0.1) is 0 Å². The summed E-state index contributed by atoms with van der Waals surface area (Å²) in [7, 11) is 0. The number of benzene rings is 1. The van der Waals surface area contributed by atoms with Crippen LogP contribution in [-0.4, -0.2) is 30.1 Å². The van der Waals surface area contributed by atoms with Crippen molar-refractivity contribution in [3.05, 3.63) is 28.2 Å². The van der Waals surface area contributed by atoms with Crippen LogP contribution in [0.5, 0.6) is 5.75 Å². The third-order valence-corrected chi connectivity index (χ3v) is 3.42. The minimum atomic E-state index is -0.464. The Morgan fingerprint density at radius 2 is 2.28 bits per heavy atom. The fraction of sp³-hybridized carbons (Fsp3) is 0.538. The molecule has 1 heterocycles. The molecule has 1 saturated heterocycles. The highest BCUT2D eigenvalue weighted by Crippen LogP contribution is 2.24. The van der Waals surface area contributed by atoms with Crippen molar-refractivity contribution in [3.63, 3.8) is 0 Å². The summed E-state index contributed by atoms with van der Waals surface area (Å²) in [6.45, 7) is 5.95. The fourth-order valence-corrected chi connectivity index (χ4v) is 2.33. The molecule has 0 aliphatic carbocycles. The quantitative estimate of drug-likeness (QED) is 0.896. The Labute approximate surface area is 115 Å². The van der Waals surface area contributed by atoms with Crippen LogP contribution in [0.2, 0.25) is 0 Å². The lowest BCUT2D eigenvalue weighted by molar-refractivity contribution is -0.137. The Kier molecular flexibility index (Phi) is 4.27. The van der Waals surface area contributed by atoms with Crippen molar-refractivity contribution in [1.82, 2.24) is 5.32 Å². The Morgan fingerprint density at radius 3 is 2.89 bits per heavy atom. The number of phenols is 1. The molecule has 0 bridgehead atoms. The first kappa shape index (κ1) is 13.8. The zero-order valence-electron chi connectivity index (χ0n) is 10.6. The highest BCUT2D eigenvalue weighted by atomic mass is 79.9. The number of hydrogen-bond donors (Lipinski definition) is 2. The Balaban J connectivity index is 1.77. The van der Waals surface area contributed by atoms with E-state index in [1.807, 2.05) is 26.0 Å². The first-order chi connectivity index (χ1) is 8.46. The first-order valence-corrected chi connectivity index (χ1v) is 6.75. The lowest BCUT2D eigenvalue weighted by Gasteiger charge is -2.17. The van der Waals surface area contributed by atoms with Crippen molar-refractivity contribution in [3.8, 4) is 5.75 Å². The second-order valence-electron chi connectivity index (χ2n) is 4.87. The summed E-state index contributed by atoms with van der Waals surface area (Å²) in [5.41, 5.74) is 1.11. The molecule has 0 amide bonds. The standard InChI is InChI=1S/C13H18BrNO3/c1-13(2)17-8-10(18-13)7-15-6-9-3-4-12(16)11(14)5-9/h3-5,10,15-16H,6-8H2,1-2H3. The van der Waals surface area contributed by atoms with Crippen LogP contribution in [-0.2, 0) is 16.0 Å². The van der Waals surface area contributed by atoms with Crippen LogP contribution in [0.3, 0.4) is 0 Å². The smallest absolute Gasteiger partial charge is 0.163 e. The molecule has 1 fully saturated rings. The van der Waals surface area contributed by atoms with Crippen molar-refractivity contribution in [2.45, 2.75) is 32.3 Å². The zero-order valence-corrected chi connectivity index (χ0v) is 12.2. The van der Waals surface area contributed by atoms with Crippen molar-refractivity contribution in [2.24, 2.45) is 0 Å². The van der Waals surface area contributed by atoms with Crippen LogP contribution in [0.4, 0.5) is 0 Å². The van der Waals surface area contributed by atoms with Gasteiger partial charge in [-0.15, -0.1) is 0 Å². The maximum atomic E-state index is 9.40. The van der Waals surface area contributed by atoms with Crippen LogP contribution >= 0.6 is 15.9 Å². The molecular formula is C13H18BrNO3. The molecule has 0 radical (unpaired) electrons. The number of phenolic OH excluding ortho intramolecular Hbond substituents is 1. The summed E-state index contributed by atoms with van der Waals surface area (Å²) in [6.07, 6.45) is 0.0977. The molecule has 0 aromatic heterocycles. The van der Waals surface area contributed by atoms with E-state index in [9.17, 15) is 5.11 Å². The number of halogens is 1. The minimum absolute atomic E-state index is 0.0977. The summed E-state index contributed by atoms with van der Waals surface area (Å²) in [5.74, 6) is -0.207. The zero-order chi connectivity index (χ0) is 13.2. The van der Waals surface area contributed by atoms with Gasteiger partial charge in [-0.2, -0.15) is 0 Å². The van der Waals surface area contributed by atoms with E-state index in [-0.39, 0.29) is 11.9 Å². The summed E-state index contributed by atoms with van der Waals surface area (Å²) in [5, 5.41) is 12.7. The molecule has 4 nitrogen and oxygen atoms in total. The van der Waals surface area contributed by atoms with Gasteiger partial charge in [0, 0.05) is 13.1 Å². The normalized spacial score (nSPS) is 22.3. The van der Waals surface area contributed by atoms with E-state index >= 15 is 0 Å². The third-order valence-electron chi connectivity index (χ3n) is 2.78. The number of hydrogen-bond acceptors (Lipinski definition) is 4. The lowest BCUT2D eigenvalue weighted by atomic mass is 10.2. The molecule has 100 valence electrons. The van der Waals surface area contributed by atoms with Crippen LogP contribution < -0.4 is 5.32 Å². The van der Waals surface area contributed by atoms with Gasteiger partial charge in [0.25, 0.3) is 0 Å². The molecule has 1 atom stereocenters. The number of rotatable bonds is 4. The molecule has 0 saturated carbocycles. The van der Waals surface area contributed by atoms with E-state index in [1.54, 1.807) is 6.07 Å². The van der Waals surface area contributed by atoms with Crippen LogP contribution in [0.1, 0.15) is 19.4 Å². The highest BCUT2D eigenvalue weighted by molar-refractivity contribution is 9.10. The van der Waals surface area contributed by atoms with Crippen LogP contribution in [0.25, 0.3) is 0 Å². The van der Waals surface area contributed by atoms with Gasteiger partial charge in [0.2, 0.25) is 0 Å². The molecule has 1 unspecified atom stereocenters. The molecule has 5 heteroatoms. The predicted molar refractivity (Wildman–Crippen MR) is 72.4 cm³/mol. The number of ether oxygens (including phenoxy) is 2. The van der Waals surface area contributed by atoms with E-state index in [4.69, 9.17) is 9.47 Å². The van der Waals surface area contributed by atoms with Gasteiger partial charge in [-0.05, 0) is 47.5 Å². The maximum Gasteiger partial charge on any atom is 0.163 e. The monoisotopic (exact) mass is 315 g/mol. The Bertz CT molecular complexity index is 423. The summed E-state index contributed by atoms with van der Waals surface area (Å²) < 4.78 is 11.9. The second kappa shape index (κ2) is 5.57. The van der Waals surface area contributed by atoms with Crippen molar-refractivity contribution in [2.75, 3.05) is 13.2 Å². The molecule has 0 spiro atoms. The molecule has 1 aliphatic heterocycles. The first-order valence-electron chi connectivity index (χ1n) is 5.96. The average molecular weight is 316 g/mol. The number of aromatic hydroxyl groups is 1. The fourth-order valence-electron chi connectivity index (χ4n) is 1.90. The molecule has 1 aromatic carbocycles. The molecule has 2 N–H and O–H groups in total. The van der Waals surface area contributed by atoms with Gasteiger partial charge in [0.05, 0.1) is 17.2 Å². The topological polar surface area (TPSA) is 50.7 Å².